The van der Waals surface area contributed by atoms with Gasteiger partial charge in [-0.15, -0.1) is 0 Å². The second-order valence-electron chi connectivity index (χ2n) is 7.18. The second-order valence-corrected chi connectivity index (χ2v) is 9.27. The van der Waals surface area contributed by atoms with E-state index in [1.54, 1.807) is 49.4 Å². The maximum atomic E-state index is 12.8. The SMILES string of the molecule is CCOc1ccc(NS(=O)(=O)c2ccc(OCC(=O)Nc3ccc(OC)c(Cl)c3)c(C)c2)cc1. The van der Waals surface area contributed by atoms with Crippen molar-refractivity contribution in [2.75, 3.05) is 30.4 Å². The first-order valence-electron chi connectivity index (χ1n) is 10.3. The molecule has 0 aliphatic heterocycles. The number of hydrogen-bond donors (Lipinski definition) is 2. The number of carbonyl (C=O) groups excluding carboxylic acids is 1. The Labute approximate surface area is 203 Å². The molecule has 0 radical (unpaired) electrons. The third kappa shape index (κ3) is 6.55. The Morgan fingerprint density at radius 1 is 0.941 bits per heavy atom. The molecule has 3 aromatic carbocycles. The lowest BCUT2D eigenvalue weighted by molar-refractivity contribution is -0.118. The number of benzene rings is 3. The minimum atomic E-state index is -3.81. The van der Waals surface area contributed by atoms with Crippen LogP contribution in [-0.2, 0) is 14.8 Å². The molecule has 3 aromatic rings. The zero-order chi connectivity index (χ0) is 24.7. The van der Waals surface area contributed by atoms with Gasteiger partial charge in [-0.3, -0.25) is 9.52 Å². The molecule has 0 spiro atoms. The van der Waals surface area contributed by atoms with E-state index in [-0.39, 0.29) is 11.5 Å². The number of amides is 1. The Morgan fingerprint density at radius 2 is 1.62 bits per heavy atom. The van der Waals surface area contributed by atoms with Gasteiger partial charge in [-0.05, 0) is 80.1 Å². The van der Waals surface area contributed by atoms with Crippen LogP contribution in [0.1, 0.15) is 12.5 Å². The largest absolute Gasteiger partial charge is 0.495 e. The van der Waals surface area contributed by atoms with Crippen molar-refractivity contribution >= 4 is 38.9 Å². The van der Waals surface area contributed by atoms with E-state index >= 15 is 0 Å². The van der Waals surface area contributed by atoms with Crippen LogP contribution in [0.25, 0.3) is 0 Å². The fourth-order valence-corrected chi connectivity index (χ4v) is 4.44. The first kappa shape index (κ1) is 25.2. The fraction of sp³-hybridized carbons (Fsp3) is 0.208. The third-order valence-electron chi connectivity index (χ3n) is 4.67. The van der Waals surface area contributed by atoms with E-state index in [1.807, 2.05) is 6.92 Å². The van der Waals surface area contributed by atoms with Crippen molar-refractivity contribution in [3.8, 4) is 17.2 Å². The van der Waals surface area contributed by atoms with Gasteiger partial charge in [-0.2, -0.15) is 0 Å². The highest BCUT2D eigenvalue weighted by molar-refractivity contribution is 7.92. The Balaban J connectivity index is 1.61. The number of rotatable bonds is 10. The molecule has 180 valence electrons. The highest BCUT2D eigenvalue weighted by atomic mass is 35.5. The van der Waals surface area contributed by atoms with Crippen LogP contribution < -0.4 is 24.2 Å². The lowest BCUT2D eigenvalue weighted by atomic mass is 10.2. The molecule has 0 atom stereocenters. The van der Waals surface area contributed by atoms with E-state index in [1.165, 1.54) is 25.3 Å². The summed E-state index contributed by atoms with van der Waals surface area (Å²) in [7, 11) is -2.31. The molecule has 10 heteroatoms. The number of methoxy groups -OCH3 is 1. The Kier molecular flexibility index (Phi) is 8.25. The van der Waals surface area contributed by atoms with Gasteiger partial charge >= 0.3 is 0 Å². The summed E-state index contributed by atoms with van der Waals surface area (Å²) in [5.41, 5.74) is 1.48. The summed E-state index contributed by atoms with van der Waals surface area (Å²) in [4.78, 5) is 12.3. The monoisotopic (exact) mass is 504 g/mol. The van der Waals surface area contributed by atoms with E-state index in [0.29, 0.717) is 45.8 Å². The van der Waals surface area contributed by atoms with E-state index in [4.69, 9.17) is 25.8 Å². The quantitative estimate of drug-likeness (QED) is 0.408. The molecule has 0 saturated carbocycles. The Hall–Kier alpha value is -3.43. The molecule has 0 heterocycles. The van der Waals surface area contributed by atoms with Crippen molar-refractivity contribution in [2.24, 2.45) is 0 Å². The van der Waals surface area contributed by atoms with Crippen LogP contribution in [-0.4, -0.2) is 34.6 Å². The van der Waals surface area contributed by atoms with Crippen LogP contribution in [0.3, 0.4) is 0 Å². The van der Waals surface area contributed by atoms with Crippen LogP contribution in [0.15, 0.2) is 65.6 Å². The van der Waals surface area contributed by atoms with Crippen molar-refractivity contribution < 1.29 is 27.4 Å². The van der Waals surface area contributed by atoms with Gasteiger partial charge in [0.2, 0.25) is 0 Å². The minimum absolute atomic E-state index is 0.0727. The molecule has 1 amide bonds. The molecule has 0 saturated heterocycles. The van der Waals surface area contributed by atoms with Gasteiger partial charge in [0.25, 0.3) is 15.9 Å². The average Bonchev–Trinajstić information content (AvgIpc) is 2.79. The molecule has 0 fully saturated rings. The molecule has 0 aliphatic rings. The first-order chi connectivity index (χ1) is 16.2. The van der Waals surface area contributed by atoms with Gasteiger partial charge in [0.05, 0.1) is 23.6 Å². The number of ether oxygens (including phenoxy) is 3. The third-order valence-corrected chi connectivity index (χ3v) is 6.34. The number of carbonyl (C=O) groups is 1. The summed E-state index contributed by atoms with van der Waals surface area (Å²) in [5, 5.41) is 3.05. The zero-order valence-corrected chi connectivity index (χ0v) is 20.5. The predicted molar refractivity (Wildman–Crippen MR) is 132 cm³/mol. The number of anilines is 2. The van der Waals surface area contributed by atoms with Crippen LogP contribution in [0.2, 0.25) is 5.02 Å². The van der Waals surface area contributed by atoms with E-state index < -0.39 is 15.9 Å². The molecular weight excluding hydrogens is 480 g/mol. The van der Waals surface area contributed by atoms with Crippen LogP contribution in [0.5, 0.6) is 17.2 Å². The molecular formula is C24H25ClN2O6S. The van der Waals surface area contributed by atoms with Gasteiger partial charge in [-0.25, -0.2) is 8.42 Å². The van der Waals surface area contributed by atoms with E-state index in [2.05, 4.69) is 10.0 Å². The van der Waals surface area contributed by atoms with E-state index in [0.717, 1.165) is 0 Å². The average molecular weight is 505 g/mol. The highest BCUT2D eigenvalue weighted by Gasteiger charge is 2.16. The van der Waals surface area contributed by atoms with Gasteiger partial charge in [0.15, 0.2) is 6.61 Å². The molecule has 3 rings (SSSR count). The first-order valence-corrected chi connectivity index (χ1v) is 12.2. The van der Waals surface area contributed by atoms with Crippen LogP contribution >= 0.6 is 11.6 Å². The molecule has 8 nitrogen and oxygen atoms in total. The molecule has 2 N–H and O–H groups in total. The zero-order valence-electron chi connectivity index (χ0n) is 18.9. The Morgan fingerprint density at radius 3 is 2.24 bits per heavy atom. The summed E-state index contributed by atoms with van der Waals surface area (Å²) < 4.78 is 44.0. The standard InChI is InChI=1S/C24H25ClN2O6S/c1-4-32-19-8-5-17(6-9-19)27-34(29,30)20-10-12-22(16(2)13-20)33-15-24(28)26-18-7-11-23(31-3)21(25)14-18/h5-14,27H,4,15H2,1-3H3,(H,26,28). The molecule has 0 unspecified atom stereocenters. The smallest absolute Gasteiger partial charge is 0.262 e. The van der Waals surface area contributed by atoms with E-state index in [9.17, 15) is 13.2 Å². The summed E-state index contributed by atoms with van der Waals surface area (Å²) >= 11 is 6.06. The highest BCUT2D eigenvalue weighted by Crippen LogP contribution is 2.27. The molecule has 0 aromatic heterocycles. The van der Waals surface area contributed by atoms with Crippen molar-refractivity contribution in [3.63, 3.8) is 0 Å². The summed E-state index contributed by atoms with van der Waals surface area (Å²) in [5.74, 6) is 1.15. The molecule has 0 bridgehead atoms. The van der Waals surface area contributed by atoms with Crippen molar-refractivity contribution in [1.82, 2.24) is 0 Å². The molecule has 0 aliphatic carbocycles. The summed E-state index contributed by atoms with van der Waals surface area (Å²) in [6.45, 7) is 3.83. The second kappa shape index (κ2) is 11.1. The summed E-state index contributed by atoms with van der Waals surface area (Å²) in [6.07, 6.45) is 0. The fourth-order valence-electron chi connectivity index (χ4n) is 3.04. The van der Waals surface area contributed by atoms with Crippen molar-refractivity contribution in [3.05, 3.63) is 71.2 Å². The minimum Gasteiger partial charge on any atom is -0.495 e. The Bertz CT molecular complexity index is 1260. The number of hydrogen-bond acceptors (Lipinski definition) is 6. The number of nitrogens with one attached hydrogen (secondary N) is 2. The maximum absolute atomic E-state index is 12.8. The molecule has 34 heavy (non-hydrogen) atoms. The lowest BCUT2D eigenvalue weighted by Crippen LogP contribution is -2.20. The number of aryl methyl sites for hydroxylation is 1. The van der Waals surface area contributed by atoms with Gasteiger partial charge < -0.3 is 19.5 Å². The lowest BCUT2D eigenvalue weighted by Gasteiger charge is -2.13. The van der Waals surface area contributed by atoms with Crippen LogP contribution in [0.4, 0.5) is 11.4 Å². The van der Waals surface area contributed by atoms with Gasteiger partial charge in [0.1, 0.15) is 17.2 Å². The summed E-state index contributed by atoms with van der Waals surface area (Å²) in [6, 6.07) is 15.9. The maximum Gasteiger partial charge on any atom is 0.262 e. The number of sulfonamides is 1. The topological polar surface area (TPSA) is 103 Å². The predicted octanol–water partition coefficient (Wildman–Crippen LogP) is 4.87. The van der Waals surface area contributed by atoms with Crippen LogP contribution in [0, 0.1) is 6.92 Å². The van der Waals surface area contributed by atoms with Gasteiger partial charge in [0, 0.05) is 11.4 Å². The normalized spacial score (nSPS) is 10.9. The number of halogens is 1. The van der Waals surface area contributed by atoms with Crippen molar-refractivity contribution in [2.45, 2.75) is 18.7 Å². The van der Waals surface area contributed by atoms with Gasteiger partial charge in [-0.1, -0.05) is 11.6 Å². The van der Waals surface area contributed by atoms with Crippen molar-refractivity contribution in [1.29, 1.82) is 0 Å².